The van der Waals surface area contributed by atoms with Gasteiger partial charge in [-0.2, -0.15) is 0 Å². The van der Waals surface area contributed by atoms with Crippen LogP contribution < -0.4 is 5.32 Å². The molecule has 1 N–H and O–H groups in total. The second kappa shape index (κ2) is 7.31. The number of halogens is 1. The molecule has 3 heteroatoms. The van der Waals surface area contributed by atoms with E-state index in [0.717, 1.165) is 17.6 Å². The normalized spacial score (nSPS) is 10.6. The summed E-state index contributed by atoms with van der Waals surface area (Å²) in [4.78, 5) is 1.40. The highest BCUT2D eigenvalue weighted by Gasteiger charge is 2.02. The molecule has 0 aliphatic carbocycles. The highest BCUT2D eigenvalue weighted by Crippen LogP contribution is 2.26. The number of rotatable bonds is 6. The molecule has 0 fully saturated rings. The molecule has 0 heterocycles. The maximum absolute atomic E-state index is 3.52. The van der Waals surface area contributed by atoms with Crippen molar-refractivity contribution < 1.29 is 0 Å². The minimum Gasteiger partial charge on any atom is -0.313 e. The quantitative estimate of drug-likeness (QED) is 0.792. The van der Waals surface area contributed by atoms with Gasteiger partial charge in [-0.05, 0) is 42.5 Å². The van der Waals surface area contributed by atoms with Crippen molar-refractivity contribution >= 4 is 27.7 Å². The first-order valence-electron chi connectivity index (χ1n) is 5.39. The molecule has 15 heavy (non-hydrogen) atoms. The largest absolute Gasteiger partial charge is 0.313 e. The van der Waals surface area contributed by atoms with Gasteiger partial charge in [-0.15, -0.1) is 11.8 Å². The van der Waals surface area contributed by atoms with E-state index in [9.17, 15) is 0 Å². The molecule has 0 radical (unpaired) electrons. The summed E-state index contributed by atoms with van der Waals surface area (Å²) in [5, 5.41) is 3.37. The van der Waals surface area contributed by atoms with Gasteiger partial charge in [-0.1, -0.05) is 29.8 Å². The lowest BCUT2D eigenvalue weighted by Crippen LogP contribution is -2.12. The molecular weight excluding hydrogens is 270 g/mol. The number of nitrogens with one attached hydrogen (secondary N) is 1. The van der Waals surface area contributed by atoms with Crippen molar-refractivity contribution in [3.8, 4) is 0 Å². The molecule has 0 bridgehead atoms. The summed E-state index contributed by atoms with van der Waals surface area (Å²) in [5.41, 5.74) is 1.39. The maximum Gasteiger partial charge on any atom is 0.0216 e. The molecule has 0 unspecified atom stereocenters. The second-order valence-corrected chi connectivity index (χ2v) is 5.43. The predicted octanol–water partition coefficient (Wildman–Crippen LogP) is 4.06. The van der Waals surface area contributed by atoms with E-state index in [1.807, 2.05) is 11.8 Å². The summed E-state index contributed by atoms with van der Waals surface area (Å²) in [6, 6.07) is 6.53. The first-order valence-corrected chi connectivity index (χ1v) is 7.17. The fourth-order valence-electron chi connectivity index (χ4n) is 1.30. The Morgan fingerprint density at radius 2 is 2.13 bits per heavy atom. The van der Waals surface area contributed by atoms with Crippen LogP contribution in [-0.2, 0) is 6.54 Å². The van der Waals surface area contributed by atoms with Crippen LogP contribution in [0.2, 0.25) is 0 Å². The van der Waals surface area contributed by atoms with Gasteiger partial charge in [0.2, 0.25) is 0 Å². The summed E-state index contributed by atoms with van der Waals surface area (Å²) in [6.45, 7) is 6.33. The van der Waals surface area contributed by atoms with Crippen LogP contribution in [0, 0.1) is 0 Å². The smallest absolute Gasteiger partial charge is 0.0216 e. The molecule has 1 aromatic rings. The fourth-order valence-corrected chi connectivity index (χ4v) is 2.61. The zero-order valence-electron chi connectivity index (χ0n) is 9.35. The lowest BCUT2D eigenvalue weighted by molar-refractivity contribution is 0.717. The molecule has 1 rings (SSSR count). The molecule has 0 saturated heterocycles. The van der Waals surface area contributed by atoms with E-state index in [1.54, 1.807) is 0 Å². The molecule has 1 nitrogen and oxygen atoms in total. The zero-order chi connectivity index (χ0) is 11.1. The lowest BCUT2D eigenvalue weighted by Gasteiger charge is -2.09. The van der Waals surface area contributed by atoms with Crippen LogP contribution in [0.4, 0.5) is 0 Å². The van der Waals surface area contributed by atoms with Gasteiger partial charge in [0.1, 0.15) is 0 Å². The van der Waals surface area contributed by atoms with E-state index < -0.39 is 0 Å². The summed E-state index contributed by atoms with van der Waals surface area (Å²) in [7, 11) is 0. The molecule has 1 aromatic carbocycles. The Hall–Kier alpha value is 0.01000. The van der Waals surface area contributed by atoms with E-state index in [0.29, 0.717) is 0 Å². The van der Waals surface area contributed by atoms with Crippen LogP contribution in [-0.4, -0.2) is 12.3 Å². The Labute approximate surface area is 105 Å². The topological polar surface area (TPSA) is 12.0 Å². The first-order chi connectivity index (χ1) is 7.27. The third-order valence-corrected chi connectivity index (χ3v) is 3.86. The third-order valence-electron chi connectivity index (χ3n) is 2.05. The molecule has 0 amide bonds. The van der Waals surface area contributed by atoms with Gasteiger partial charge in [0.25, 0.3) is 0 Å². The van der Waals surface area contributed by atoms with Gasteiger partial charge in [-0.3, -0.25) is 0 Å². The van der Waals surface area contributed by atoms with Gasteiger partial charge in [-0.25, -0.2) is 0 Å². The average molecular weight is 288 g/mol. The molecular formula is C12H18BrNS. The monoisotopic (exact) mass is 287 g/mol. The van der Waals surface area contributed by atoms with Crippen molar-refractivity contribution in [2.24, 2.45) is 0 Å². The highest BCUT2D eigenvalue weighted by molar-refractivity contribution is 9.10. The minimum atomic E-state index is 0.960. The van der Waals surface area contributed by atoms with Gasteiger partial charge < -0.3 is 5.32 Å². The second-order valence-electron chi connectivity index (χ2n) is 3.38. The minimum absolute atomic E-state index is 0.960. The average Bonchev–Trinajstić information content (AvgIpc) is 2.25. The van der Waals surface area contributed by atoms with Gasteiger partial charge in [0.05, 0.1) is 0 Å². The van der Waals surface area contributed by atoms with Crippen molar-refractivity contribution in [1.82, 2.24) is 5.32 Å². The summed E-state index contributed by atoms with van der Waals surface area (Å²) in [6.07, 6.45) is 1.22. The van der Waals surface area contributed by atoms with E-state index in [1.165, 1.54) is 22.6 Å². The van der Waals surface area contributed by atoms with E-state index in [2.05, 4.69) is 53.3 Å². The van der Waals surface area contributed by atoms with Crippen LogP contribution in [0.5, 0.6) is 0 Å². The predicted molar refractivity (Wildman–Crippen MR) is 72.5 cm³/mol. The number of benzene rings is 1. The molecule has 0 aromatic heterocycles. The van der Waals surface area contributed by atoms with Crippen LogP contribution in [0.15, 0.2) is 27.6 Å². The van der Waals surface area contributed by atoms with Crippen LogP contribution >= 0.6 is 27.7 Å². The first kappa shape index (κ1) is 13.1. The van der Waals surface area contributed by atoms with E-state index >= 15 is 0 Å². The fraction of sp³-hybridized carbons (Fsp3) is 0.500. The summed E-state index contributed by atoms with van der Waals surface area (Å²) < 4.78 is 1.16. The van der Waals surface area contributed by atoms with Crippen molar-refractivity contribution in [2.75, 3.05) is 12.3 Å². The lowest BCUT2D eigenvalue weighted by atomic mass is 10.2. The van der Waals surface area contributed by atoms with Crippen LogP contribution in [0.1, 0.15) is 25.8 Å². The van der Waals surface area contributed by atoms with Gasteiger partial charge in [0.15, 0.2) is 0 Å². The number of hydrogen-bond donors (Lipinski definition) is 1. The zero-order valence-corrected chi connectivity index (χ0v) is 11.7. The van der Waals surface area contributed by atoms with Crippen molar-refractivity contribution in [3.05, 3.63) is 28.2 Å². The Balaban J connectivity index is 2.73. The summed E-state index contributed by atoms with van der Waals surface area (Å²) >= 11 is 5.46. The van der Waals surface area contributed by atoms with E-state index in [-0.39, 0.29) is 0 Å². The SMILES string of the molecule is CCCSc1ccc(Br)cc1CNCC. The Morgan fingerprint density at radius 3 is 2.80 bits per heavy atom. The number of hydrogen-bond acceptors (Lipinski definition) is 2. The molecule has 0 aliphatic rings. The van der Waals surface area contributed by atoms with Gasteiger partial charge in [0, 0.05) is 15.9 Å². The Morgan fingerprint density at radius 1 is 1.33 bits per heavy atom. The molecule has 84 valence electrons. The van der Waals surface area contributed by atoms with Gasteiger partial charge >= 0.3 is 0 Å². The third kappa shape index (κ3) is 4.58. The van der Waals surface area contributed by atoms with E-state index in [4.69, 9.17) is 0 Å². The Kier molecular flexibility index (Phi) is 6.37. The molecule has 0 spiro atoms. The van der Waals surface area contributed by atoms with Crippen molar-refractivity contribution in [3.63, 3.8) is 0 Å². The van der Waals surface area contributed by atoms with Crippen LogP contribution in [0.3, 0.4) is 0 Å². The molecule has 0 atom stereocenters. The molecule has 0 saturated carbocycles. The van der Waals surface area contributed by atoms with Crippen molar-refractivity contribution in [1.29, 1.82) is 0 Å². The Bertz CT molecular complexity index is 302. The maximum atomic E-state index is 3.52. The number of thioether (sulfide) groups is 1. The molecule has 0 aliphatic heterocycles. The van der Waals surface area contributed by atoms with Crippen LogP contribution in [0.25, 0.3) is 0 Å². The standard InChI is InChI=1S/C12H18BrNS/c1-3-7-15-12-6-5-11(13)8-10(12)9-14-4-2/h5-6,8,14H,3-4,7,9H2,1-2H3. The highest BCUT2D eigenvalue weighted by atomic mass is 79.9. The van der Waals surface area contributed by atoms with Crippen molar-refractivity contribution in [2.45, 2.75) is 31.7 Å². The summed E-state index contributed by atoms with van der Waals surface area (Å²) in [5.74, 6) is 1.20.